The van der Waals surface area contributed by atoms with Gasteiger partial charge in [-0.15, -0.1) is 11.6 Å². The molecule has 0 radical (unpaired) electrons. The fourth-order valence-electron chi connectivity index (χ4n) is 2.05. The number of nitrogens with zero attached hydrogens (tertiary/aromatic N) is 3. The number of halogens is 1. The first kappa shape index (κ1) is 14.8. The number of hydrogen-bond donors (Lipinski definition) is 0. The molecule has 0 bridgehead atoms. The minimum atomic E-state index is 0.528. The molecule has 0 aliphatic heterocycles. The van der Waals surface area contributed by atoms with E-state index in [9.17, 15) is 0 Å². The molecule has 0 aliphatic carbocycles. The van der Waals surface area contributed by atoms with Gasteiger partial charge in [-0.3, -0.25) is 4.98 Å². The zero-order valence-electron chi connectivity index (χ0n) is 12.0. The lowest BCUT2D eigenvalue weighted by atomic mass is 10.2. The highest BCUT2D eigenvalue weighted by Crippen LogP contribution is 2.16. The topological polar surface area (TPSA) is 29.0 Å². The van der Waals surface area contributed by atoms with Gasteiger partial charge in [0, 0.05) is 37.6 Å². The molecule has 0 spiro atoms. The van der Waals surface area contributed by atoms with E-state index in [-0.39, 0.29) is 0 Å². The predicted molar refractivity (Wildman–Crippen MR) is 84.4 cm³/mol. The van der Waals surface area contributed by atoms with Crippen molar-refractivity contribution in [2.24, 2.45) is 0 Å². The van der Waals surface area contributed by atoms with Gasteiger partial charge < -0.3 is 4.90 Å². The molecular weight excluding hydrogens is 270 g/mol. The van der Waals surface area contributed by atoms with Crippen molar-refractivity contribution in [3.05, 3.63) is 53.5 Å². The summed E-state index contributed by atoms with van der Waals surface area (Å²) in [6, 6.07) is 8.24. The number of rotatable bonds is 6. The van der Waals surface area contributed by atoms with Gasteiger partial charge in [-0.1, -0.05) is 6.92 Å². The van der Waals surface area contributed by atoms with Gasteiger partial charge in [0.15, 0.2) is 0 Å². The maximum atomic E-state index is 5.95. The number of anilines is 1. The van der Waals surface area contributed by atoms with Crippen LogP contribution < -0.4 is 4.90 Å². The van der Waals surface area contributed by atoms with E-state index in [1.165, 1.54) is 5.56 Å². The van der Waals surface area contributed by atoms with Crippen LogP contribution in [0.3, 0.4) is 0 Å². The molecule has 4 heteroatoms. The van der Waals surface area contributed by atoms with Gasteiger partial charge in [-0.2, -0.15) is 0 Å². The number of hydrogen-bond acceptors (Lipinski definition) is 3. The molecule has 0 fully saturated rings. The molecule has 0 amide bonds. The number of likely N-dealkylation sites (N-methyl/N-ethyl adjacent to an activating group) is 1. The highest BCUT2D eigenvalue weighted by atomic mass is 35.5. The molecule has 0 aliphatic rings. The first-order valence-electron chi connectivity index (χ1n) is 6.88. The van der Waals surface area contributed by atoms with Crippen molar-refractivity contribution in [1.29, 1.82) is 0 Å². The Bertz CT molecular complexity index is 520. The molecule has 2 rings (SSSR count). The maximum Gasteiger partial charge on any atom is 0.128 e. The van der Waals surface area contributed by atoms with Crippen LogP contribution in [-0.2, 0) is 18.7 Å². The second-order valence-electron chi connectivity index (χ2n) is 4.84. The van der Waals surface area contributed by atoms with Crippen LogP contribution in [-0.4, -0.2) is 23.6 Å². The Labute approximate surface area is 125 Å². The number of pyridine rings is 2. The van der Waals surface area contributed by atoms with Crippen LogP contribution in [0.5, 0.6) is 0 Å². The molecule has 0 atom stereocenters. The normalized spacial score (nSPS) is 10.6. The summed E-state index contributed by atoms with van der Waals surface area (Å²) in [7, 11) is 2.07. The highest BCUT2D eigenvalue weighted by molar-refractivity contribution is 6.17. The van der Waals surface area contributed by atoms with E-state index in [2.05, 4.69) is 41.0 Å². The van der Waals surface area contributed by atoms with Crippen LogP contribution >= 0.6 is 11.6 Å². The summed E-state index contributed by atoms with van der Waals surface area (Å²) in [5.41, 5.74) is 3.51. The number of alkyl halides is 1. The third-order valence-electron chi connectivity index (χ3n) is 3.32. The second kappa shape index (κ2) is 7.25. The van der Waals surface area contributed by atoms with Crippen LogP contribution in [0.1, 0.15) is 23.7 Å². The van der Waals surface area contributed by atoms with E-state index in [4.69, 9.17) is 11.6 Å². The van der Waals surface area contributed by atoms with Crippen molar-refractivity contribution >= 4 is 17.4 Å². The lowest BCUT2D eigenvalue weighted by molar-refractivity contribution is 0.848. The van der Waals surface area contributed by atoms with E-state index in [0.717, 1.165) is 36.5 Å². The van der Waals surface area contributed by atoms with Crippen molar-refractivity contribution in [3.63, 3.8) is 0 Å². The summed E-state index contributed by atoms with van der Waals surface area (Å²) >= 11 is 5.95. The van der Waals surface area contributed by atoms with Gasteiger partial charge in [-0.05, 0) is 48.2 Å². The van der Waals surface area contributed by atoms with Crippen LogP contribution in [0, 0.1) is 0 Å². The smallest absolute Gasteiger partial charge is 0.128 e. The summed E-state index contributed by atoms with van der Waals surface area (Å²) in [5.74, 6) is 1.52. The Morgan fingerprint density at radius 1 is 1.15 bits per heavy atom. The highest BCUT2D eigenvalue weighted by Gasteiger charge is 2.06. The molecule has 3 nitrogen and oxygen atoms in total. The molecule has 106 valence electrons. The van der Waals surface area contributed by atoms with Crippen molar-refractivity contribution in [2.75, 3.05) is 18.5 Å². The van der Waals surface area contributed by atoms with Gasteiger partial charge in [0.05, 0.1) is 0 Å². The minimum absolute atomic E-state index is 0.528. The van der Waals surface area contributed by atoms with Crippen LogP contribution in [0.4, 0.5) is 5.82 Å². The van der Waals surface area contributed by atoms with E-state index in [1.807, 2.05) is 24.5 Å². The van der Waals surface area contributed by atoms with Gasteiger partial charge in [0.2, 0.25) is 0 Å². The van der Waals surface area contributed by atoms with E-state index in [1.54, 1.807) is 0 Å². The van der Waals surface area contributed by atoms with Crippen LogP contribution in [0.2, 0.25) is 0 Å². The van der Waals surface area contributed by atoms with Gasteiger partial charge in [-0.25, -0.2) is 4.98 Å². The van der Waals surface area contributed by atoms with Crippen molar-refractivity contribution in [2.45, 2.75) is 25.6 Å². The number of aromatic nitrogens is 2. The molecule has 0 aromatic carbocycles. The standard InChI is InChI=1S/C16H20ClN3/c1-3-15-10-14(12-17)11-16(19-15)20(2)9-6-13-4-7-18-8-5-13/h4-5,7-8,10-11H,3,6,9,12H2,1-2H3. The Hall–Kier alpha value is -1.61. The fraction of sp³-hybridized carbons (Fsp3) is 0.375. The Kier molecular flexibility index (Phi) is 5.36. The van der Waals surface area contributed by atoms with Crippen molar-refractivity contribution in [3.8, 4) is 0 Å². The van der Waals surface area contributed by atoms with E-state index >= 15 is 0 Å². The SMILES string of the molecule is CCc1cc(CCl)cc(N(C)CCc2ccncc2)n1. The molecule has 2 aromatic heterocycles. The van der Waals surface area contributed by atoms with Crippen LogP contribution in [0.15, 0.2) is 36.7 Å². The lowest BCUT2D eigenvalue weighted by Crippen LogP contribution is -2.22. The Balaban J connectivity index is 2.06. The molecule has 0 saturated carbocycles. The molecule has 0 saturated heterocycles. The molecule has 0 N–H and O–H groups in total. The maximum absolute atomic E-state index is 5.95. The zero-order chi connectivity index (χ0) is 14.4. The van der Waals surface area contributed by atoms with Gasteiger partial charge in [0.25, 0.3) is 0 Å². The molecule has 2 heterocycles. The summed E-state index contributed by atoms with van der Waals surface area (Å²) in [4.78, 5) is 10.9. The quantitative estimate of drug-likeness (QED) is 0.763. The minimum Gasteiger partial charge on any atom is -0.359 e. The summed E-state index contributed by atoms with van der Waals surface area (Å²) in [6.07, 6.45) is 5.57. The number of aryl methyl sites for hydroxylation is 1. The fourth-order valence-corrected chi connectivity index (χ4v) is 2.20. The summed E-state index contributed by atoms with van der Waals surface area (Å²) in [5, 5.41) is 0. The molecule has 2 aromatic rings. The van der Waals surface area contributed by atoms with Crippen molar-refractivity contribution < 1.29 is 0 Å². The summed E-state index contributed by atoms with van der Waals surface area (Å²) in [6.45, 7) is 3.03. The Morgan fingerprint density at radius 3 is 2.55 bits per heavy atom. The molecule has 0 unspecified atom stereocenters. The third kappa shape index (κ3) is 3.94. The largest absolute Gasteiger partial charge is 0.359 e. The average molecular weight is 290 g/mol. The summed E-state index contributed by atoms with van der Waals surface area (Å²) < 4.78 is 0. The van der Waals surface area contributed by atoms with Gasteiger partial charge >= 0.3 is 0 Å². The average Bonchev–Trinajstić information content (AvgIpc) is 2.52. The lowest BCUT2D eigenvalue weighted by Gasteiger charge is -2.19. The first-order valence-corrected chi connectivity index (χ1v) is 7.42. The second-order valence-corrected chi connectivity index (χ2v) is 5.11. The molecule has 20 heavy (non-hydrogen) atoms. The van der Waals surface area contributed by atoms with Crippen LogP contribution in [0.25, 0.3) is 0 Å². The van der Waals surface area contributed by atoms with Gasteiger partial charge in [0.1, 0.15) is 5.82 Å². The third-order valence-corrected chi connectivity index (χ3v) is 3.63. The zero-order valence-corrected chi connectivity index (χ0v) is 12.8. The van der Waals surface area contributed by atoms with E-state index in [0.29, 0.717) is 5.88 Å². The monoisotopic (exact) mass is 289 g/mol. The molecular formula is C16H20ClN3. The van der Waals surface area contributed by atoms with Crippen molar-refractivity contribution in [1.82, 2.24) is 9.97 Å². The first-order chi connectivity index (χ1) is 9.72. The predicted octanol–water partition coefficient (Wildman–Crippen LogP) is 3.46. The van der Waals surface area contributed by atoms with E-state index < -0.39 is 0 Å². The Morgan fingerprint density at radius 2 is 1.90 bits per heavy atom.